The van der Waals surface area contributed by atoms with Gasteiger partial charge in [-0.25, -0.2) is 18.4 Å². The van der Waals surface area contributed by atoms with Crippen molar-refractivity contribution in [3.8, 4) is 0 Å². The second kappa shape index (κ2) is 5.22. The first-order valence-electron chi connectivity index (χ1n) is 6.42. The molecule has 1 atom stereocenters. The van der Waals surface area contributed by atoms with E-state index in [2.05, 4.69) is 9.97 Å². The molecule has 20 heavy (non-hydrogen) atoms. The minimum absolute atomic E-state index is 0.0497. The van der Waals surface area contributed by atoms with E-state index in [-0.39, 0.29) is 11.3 Å². The topological polar surface area (TPSA) is 63.2 Å². The number of aromatic nitrogens is 2. The maximum Gasteiger partial charge on any atom is 0.252 e. The van der Waals surface area contributed by atoms with Gasteiger partial charge in [0.2, 0.25) is 5.28 Å². The third-order valence-corrected chi connectivity index (χ3v) is 7.23. The van der Waals surface area contributed by atoms with Crippen LogP contribution < -0.4 is 0 Å². The van der Waals surface area contributed by atoms with Crippen LogP contribution in [0.3, 0.4) is 0 Å². The summed E-state index contributed by atoms with van der Waals surface area (Å²) < 4.78 is 28.1. The van der Waals surface area contributed by atoms with Crippen LogP contribution in [0.5, 0.6) is 0 Å². The SMILES string of the molecule is CC1CCCCN1S(=O)(=O)c1cc2nc(Cl)ncc2s1. The molecule has 0 N–H and O–H groups in total. The van der Waals surface area contributed by atoms with Gasteiger partial charge in [0.25, 0.3) is 10.0 Å². The van der Waals surface area contributed by atoms with Crippen LogP contribution in [0, 0.1) is 0 Å². The molecule has 0 bridgehead atoms. The van der Waals surface area contributed by atoms with E-state index < -0.39 is 10.0 Å². The predicted molar refractivity (Wildman–Crippen MR) is 79.6 cm³/mol. The van der Waals surface area contributed by atoms with Crippen molar-refractivity contribution < 1.29 is 8.42 Å². The second-order valence-corrected chi connectivity index (χ2v) is 8.45. The van der Waals surface area contributed by atoms with Crippen molar-refractivity contribution in [1.82, 2.24) is 14.3 Å². The molecule has 8 heteroatoms. The fourth-order valence-electron chi connectivity index (χ4n) is 2.46. The van der Waals surface area contributed by atoms with E-state index in [1.54, 1.807) is 16.6 Å². The van der Waals surface area contributed by atoms with Crippen molar-refractivity contribution in [3.05, 3.63) is 17.5 Å². The molecule has 5 nitrogen and oxygen atoms in total. The maximum absolute atomic E-state index is 12.7. The highest BCUT2D eigenvalue weighted by Crippen LogP contribution is 2.32. The lowest BCUT2D eigenvalue weighted by Crippen LogP contribution is -2.41. The van der Waals surface area contributed by atoms with Crippen LogP contribution in [0.25, 0.3) is 10.2 Å². The van der Waals surface area contributed by atoms with Crippen LogP contribution in [0.4, 0.5) is 0 Å². The molecule has 0 radical (unpaired) electrons. The molecular formula is C12H14ClN3O2S2. The highest BCUT2D eigenvalue weighted by molar-refractivity contribution is 7.91. The lowest BCUT2D eigenvalue weighted by Gasteiger charge is -2.31. The lowest BCUT2D eigenvalue weighted by atomic mass is 10.1. The molecule has 0 amide bonds. The molecule has 0 spiro atoms. The largest absolute Gasteiger partial charge is 0.252 e. The van der Waals surface area contributed by atoms with Crippen LogP contribution in [0.15, 0.2) is 16.5 Å². The second-order valence-electron chi connectivity index (χ2n) is 4.91. The van der Waals surface area contributed by atoms with E-state index in [0.717, 1.165) is 24.0 Å². The Morgan fingerprint density at radius 3 is 3.00 bits per heavy atom. The van der Waals surface area contributed by atoms with Crippen molar-refractivity contribution in [3.63, 3.8) is 0 Å². The van der Waals surface area contributed by atoms with Crippen LogP contribution in [0.1, 0.15) is 26.2 Å². The van der Waals surface area contributed by atoms with Gasteiger partial charge >= 0.3 is 0 Å². The molecule has 1 fully saturated rings. The normalized spacial score (nSPS) is 21.4. The van der Waals surface area contributed by atoms with Gasteiger partial charge in [-0.2, -0.15) is 4.31 Å². The standard InChI is InChI=1S/C12H14ClN3O2S2/c1-8-4-2-3-5-16(8)20(17,18)11-6-9-10(19-11)7-14-12(13)15-9/h6-8H,2-5H2,1H3. The van der Waals surface area contributed by atoms with Crippen molar-refractivity contribution in [2.24, 2.45) is 0 Å². The van der Waals surface area contributed by atoms with Gasteiger partial charge in [-0.1, -0.05) is 6.42 Å². The smallest absolute Gasteiger partial charge is 0.225 e. The van der Waals surface area contributed by atoms with Crippen molar-refractivity contribution >= 4 is 43.2 Å². The Morgan fingerprint density at radius 1 is 1.45 bits per heavy atom. The van der Waals surface area contributed by atoms with E-state index >= 15 is 0 Å². The summed E-state index contributed by atoms with van der Waals surface area (Å²) in [6.45, 7) is 2.55. The van der Waals surface area contributed by atoms with Crippen molar-refractivity contribution in [1.29, 1.82) is 0 Å². The Bertz CT molecular complexity index is 744. The zero-order valence-corrected chi connectivity index (χ0v) is 13.3. The van der Waals surface area contributed by atoms with E-state index in [4.69, 9.17) is 11.6 Å². The number of halogens is 1. The van der Waals surface area contributed by atoms with Crippen LogP contribution >= 0.6 is 22.9 Å². The fourth-order valence-corrected chi connectivity index (χ4v) is 5.72. The lowest BCUT2D eigenvalue weighted by molar-refractivity contribution is 0.269. The van der Waals surface area contributed by atoms with Crippen LogP contribution in [-0.2, 0) is 10.0 Å². The van der Waals surface area contributed by atoms with Crippen LogP contribution in [0.2, 0.25) is 5.28 Å². The number of nitrogens with zero attached hydrogens (tertiary/aromatic N) is 3. The number of hydrogen-bond acceptors (Lipinski definition) is 5. The minimum atomic E-state index is -3.44. The van der Waals surface area contributed by atoms with Crippen molar-refractivity contribution in [2.75, 3.05) is 6.54 Å². The zero-order chi connectivity index (χ0) is 14.3. The molecule has 0 aromatic carbocycles. The highest BCUT2D eigenvalue weighted by Gasteiger charge is 2.32. The fraction of sp³-hybridized carbons (Fsp3) is 0.500. The summed E-state index contributed by atoms with van der Waals surface area (Å²) in [5.41, 5.74) is 0.582. The molecule has 1 saturated heterocycles. The molecule has 3 heterocycles. The molecule has 108 valence electrons. The Labute approximate surface area is 126 Å². The molecular weight excluding hydrogens is 318 g/mol. The van der Waals surface area contributed by atoms with E-state index in [1.165, 1.54) is 11.3 Å². The van der Waals surface area contributed by atoms with Gasteiger partial charge in [-0.15, -0.1) is 11.3 Å². The molecule has 1 unspecified atom stereocenters. The van der Waals surface area contributed by atoms with Gasteiger partial charge in [0.15, 0.2) is 0 Å². The third kappa shape index (κ3) is 2.43. The Balaban J connectivity index is 2.04. The molecule has 2 aromatic rings. The van der Waals surface area contributed by atoms with Gasteiger partial charge < -0.3 is 0 Å². The van der Waals surface area contributed by atoms with Gasteiger partial charge in [0.05, 0.1) is 10.2 Å². The Hall–Kier alpha value is -0.760. The predicted octanol–water partition coefficient (Wildman–Crippen LogP) is 2.91. The number of thiophene rings is 1. The first-order valence-corrected chi connectivity index (χ1v) is 9.06. The molecule has 3 rings (SSSR count). The number of sulfonamides is 1. The zero-order valence-electron chi connectivity index (χ0n) is 10.9. The summed E-state index contributed by atoms with van der Waals surface area (Å²) in [7, 11) is -3.44. The summed E-state index contributed by atoms with van der Waals surface area (Å²) in [4.78, 5) is 7.94. The molecule has 1 aliphatic heterocycles. The highest BCUT2D eigenvalue weighted by atomic mass is 35.5. The Kier molecular flexibility index (Phi) is 3.70. The number of hydrogen-bond donors (Lipinski definition) is 0. The summed E-state index contributed by atoms with van der Waals surface area (Å²) >= 11 is 6.93. The molecule has 1 aliphatic rings. The molecule has 0 aliphatic carbocycles. The van der Waals surface area contributed by atoms with Gasteiger partial charge in [-0.3, -0.25) is 0 Å². The minimum Gasteiger partial charge on any atom is -0.225 e. The van der Waals surface area contributed by atoms with Crippen molar-refractivity contribution in [2.45, 2.75) is 36.4 Å². The number of fused-ring (bicyclic) bond motifs is 1. The average molecular weight is 332 g/mol. The summed E-state index contributed by atoms with van der Waals surface area (Å²) in [5.74, 6) is 0. The monoisotopic (exact) mass is 331 g/mol. The summed E-state index contributed by atoms with van der Waals surface area (Å²) in [6.07, 6.45) is 4.48. The molecule has 0 saturated carbocycles. The van der Waals surface area contributed by atoms with Gasteiger partial charge in [-0.05, 0) is 37.4 Å². The Morgan fingerprint density at radius 2 is 2.25 bits per heavy atom. The van der Waals surface area contributed by atoms with E-state index in [1.807, 2.05) is 6.92 Å². The summed E-state index contributed by atoms with van der Waals surface area (Å²) in [5, 5.41) is 0.130. The number of rotatable bonds is 2. The molecule has 2 aromatic heterocycles. The van der Waals surface area contributed by atoms with E-state index in [0.29, 0.717) is 16.3 Å². The van der Waals surface area contributed by atoms with Gasteiger partial charge in [0, 0.05) is 18.8 Å². The quantitative estimate of drug-likeness (QED) is 0.794. The van der Waals surface area contributed by atoms with Crippen LogP contribution in [-0.4, -0.2) is 35.3 Å². The van der Waals surface area contributed by atoms with Gasteiger partial charge in [0.1, 0.15) is 4.21 Å². The third-order valence-electron chi connectivity index (χ3n) is 3.52. The van der Waals surface area contributed by atoms with E-state index in [9.17, 15) is 8.42 Å². The number of piperidine rings is 1. The first-order chi connectivity index (χ1) is 9.48. The maximum atomic E-state index is 12.7. The summed E-state index contributed by atoms with van der Waals surface area (Å²) in [6, 6.07) is 1.64. The first kappa shape index (κ1) is 14.2. The average Bonchev–Trinajstić information content (AvgIpc) is 2.82.